The van der Waals surface area contributed by atoms with Crippen molar-refractivity contribution in [1.82, 2.24) is 0 Å². The second kappa shape index (κ2) is 6.47. The fourth-order valence-corrected chi connectivity index (χ4v) is 5.94. The van der Waals surface area contributed by atoms with Crippen LogP contribution in [0.25, 0.3) is 0 Å². The number of para-hydroxylation sites is 1. The number of fused-ring (bicyclic) bond motifs is 5. The van der Waals surface area contributed by atoms with Crippen LogP contribution < -0.4 is 4.74 Å². The first kappa shape index (κ1) is 17.5. The zero-order valence-electron chi connectivity index (χ0n) is 16.1. The topological polar surface area (TPSA) is 58.9 Å². The Morgan fingerprint density at radius 2 is 1.93 bits per heavy atom. The molecule has 0 saturated heterocycles. The van der Waals surface area contributed by atoms with Gasteiger partial charge in [-0.15, -0.1) is 0 Å². The van der Waals surface area contributed by atoms with Gasteiger partial charge in [0.25, 0.3) is 0 Å². The molecule has 3 aliphatic rings. The molecule has 2 aromatic carbocycles. The van der Waals surface area contributed by atoms with Crippen molar-refractivity contribution in [1.29, 1.82) is 0 Å². The number of hydrogen-bond donors (Lipinski definition) is 1. The van der Waals surface area contributed by atoms with Crippen molar-refractivity contribution in [3.8, 4) is 11.5 Å². The second-order valence-corrected chi connectivity index (χ2v) is 8.73. The molecule has 4 atom stereocenters. The van der Waals surface area contributed by atoms with E-state index >= 15 is 0 Å². The number of nitrogens with zero attached hydrogens (tertiary/aromatic N) is 1. The number of carbonyl (C=O) groups excluding carboxylic acids is 1. The quantitative estimate of drug-likeness (QED) is 0.569. The van der Waals surface area contributed by atoms with Crippen molar-refractivity contribution >= 4 is 11.5 Å². The lowest BCUT2D eigenvalue weighted by atomic mass is 9.55. The average molecular weight is 375 g/mol. The van der Waals surface area contributed by atoms with Crippen LogP contribution in [0.4, 0.5) is 0 Å². The van der Waals surface area contributed by atoms with E-state index in [1.807, 2.05) is 30.3 Å². The van der Waals surface area contributed by atoms with Crippen LogP contribution in [-0.4, -0.2) is 16.7 Å². The number of Topliss-reactive ketones (excluding diaryl/α,β-unsaturated/α-hetero) is 1. The van der Waals surface area contributed by atoms with Crippen LogP contribution in [0.3, 0.4) is 0 Å². The fourth-order valence-electron chi connectivity index (χ4n) is 5.94. The first-order valence-electron chi connectivity index (χ1n) is 10.2. The molecule has 2 aromatic rings. The zero-order chi connectivity index (χ0) is 19.3. The maximum Gasteiger partial charge on any atom is 0.186 e. The number of ether oxygens (including phenoxy) is 1. The van der Waals surface area contributed by atoms with Gasteiger partial charge in [0, 0.05) is 11.8 Å². The highest BCUT2D eigenvalue weighted by Gasteiger charge is 2.57. The maximum absolute atomic E-state index is 12.7. The largest absolute Gasteiger partial charge is 0.457 e. The molecule has 0 radical (unpaired) electrons. The Morgan fingerprint density at radius 1 is 1.11 bits per heavy atom. The number of ketones is 1. The summed E-state index contributed by atoms with van der Waals surface area (Å²) >= 11 is 0. The van der Waals surface area contributed by atoms with Crippen molar-refractivity contribution in [2.24, 2.45) is 22.4 Å². The Morgan fingerprint density at radius 3 is 2.71 bits per heavy atom. The van der Waals surface area contributed by atoms with E-state index in [1.165, 1.54) is 11.1 Å². The van der Waals surface area contributed by atoms with Crippen molar-refractivity contribution in [3.63, 3.8) is 0 Å². The lowest BCUT2D eigenvalue weighted by Crippen LogP contribution is -2.42. The first-order valence-corrected chi connectivity index (χ1v) is 10.2. The molecule has 0 aromatic heterocycles. The van der Waals surface area contributed by atoms with Gasteiger partial charge in [-0.25, -0.2) is 0 Å². The number of hydrogen-bond acceptors (Lipinski definition) is 4. The molecule has 0 aliphatic heterocycles. The van der Waals surface area contributed by atoms with Crippen LogP contribution in [0, 0.1) is 17.3 Å². The van der Waals surface area contributed by atoms with E-state index < -0.39 is 0 Å². The molecule has 2 fully saturated rings. The molecule has 0 heterocycles. The monoisotopic (exact) mass is 375 g/mol. The molecule has 3 aliphatic carbocycles. The SMILES string of the molecule is C[C@]12CC[C@@H]3c4ccc(Oc5ccccc5)cc4CC[C@H]3[C@@H]1C/C(=N/O)C2=O. The summed E-state index contributed by atoms with van der Waals surface area (Å²) in [6.07, 6.45) is 4.61. The second-order valence-electron chi connectivity index (χ2n) is 8.73. The van der Waals surface area contributed by atoms with Gasteiger partial charge in [-0.2, -0.15) is 0 Å². The number of oxime groups is 1. The van der Waals surface area contributed by atoms with Crippen molar-refractivity contribution in [3.05, 3.63) is 59.7 Å². The van der Waals surface area contributed by atoms with Crippen LogP contribution >= 0.6 is 0 Å². The molecule has 2 saturated carbocycles. The Kier molecular flexibility index (Phi) is 4.04. The van der Waals surface area contributed by atoms with Gasteiger partial charge in [0.05, 0.1) is 0 Å². The lowest BCUT2D eigenvalue weighted by molar-refractivity contribution is -0.125. The molecule has 0 unspecified atom stereocenters. The molecule has 5 rings (SSSR count). The van der Waals surface area contributed by atoms with Gasteiger partial charge in [0.15, 0.2) is 5.78 Å². The van der Waals surface area contributed by atoms with Crippen molar-refractivity contribution < 1.29 is 14.7 Å². The summed E-state index contributed by atoms with van der Waals surface area (Å²) in [5.41, 5.74) is 2.82. The molecular weight excluding hydrogens is 350 g/mol. The summed E-state index contributed by atoms with van der Waals surface area (Å²) < 4.78 is 6.02. The van der Waals surface area contributed by atoms with Gasteiger partial charge < -0.3 is 9.94 Å². The Bertz CT molecular complexity index is 952. The average Bonchev–Trinajstić information content (AvgIpc) is 2.99. The first-order chi connectivity index (χ1) is 13.6. The third kappa shape index (κ3) is 2.58. The normalized spacial score (nSPS) is 32.5. The summed E-state index contributed by atoms with van der Waals surface area (Å²) in [6, 6.07) is 16.4. The van der Waals surface area contributed by atoms with E-state index in [2.05, 4.69) is 30.3 Å². The van der Waals surface area contributed by atoms with Crippen LogP contribution in [0.2, 0.25) is 0 Å². The minimum atomic E-state index is -0.351. The van der Waals surface area contributed by atoms with Gasteiger partial charge in [-0.1, -0.05) is 36.3 Å². The van der Waals surface area contributed by atoms with Gasteiger partial charge in [0.2, 0.25) is 0 Å². The number of carbonyl (C=O) groups is 1. The molecule has 0 bridgehead atoms. The van der Waals surface area contributed by atoms with Crippen molar-refractivity contribution in [2.75, 3.05) is 0 Å². The van der Waals surface area contributed by atoms with E-state index in [9.17, 15) is 10.0 Å². The third-order valence-corrected chi connectivity index (χ3v) is 7.38. The summed E-state index contributed by atoms with van der Waals surface area (Å²) in [7, 11) is 0. The van der Waals surface area contributed by atoms with Gasteiger partial charge in [0.1, 0.15) is 17.2 Å². The predicted octanol–water partition coefficient (Wildman–Crippen LogP) is 5.34. The summed E-state index contributed by atoms with van der Waals surface area (Å²) in [6.45, 7) is 2.08. The molecule has 144 valence electrons. The summed E-state index contributed by atoms with van der Waals surface area (Å²) in [5.74, 6) is 3.06. The molecular formula is C24H25NO3. The van der Waals surface area contributed by atoms with Crippen LogP contribution in [0.15, 0.2) is 53.7 Å². The minimum absolute atomic E-state index is 0.0656. The fraction of sp³-hybridized carbons (Fsp3) is 0.417. The van der Waals surface area contributed by atoms with E-state index in [0.717, 1.165) is 37.2 Å². The van der Waals surface area contributed by atoms with E-state index in [-0.39, 0.29) is 17.1 Å². The van der Waals surface area contributed by atoms with Gasteiger partial charge in [-0.05, 0) is 78.8 Å². The highest BCUT2D eigenvalue weighted by Crippen LogP contribution is 2.59. The molecule has 1 N–H and O–H groups in total. The Labute approximate surface area is 165 Å². The van der Waals surface area contributed by atoms with Crippen LogP contribution in [0.1, 0.15) is 49.7 Å². The lowest BCUT2D eigenvalue weighted by Gasteiger charge is -2.47. The molecule has 4 nitrogen and oxygen atoms in total. The summed E-state index contributed by atoms with van der Waals surface area (Å²) in [4.78, 5) is 12.7. The Balaban J connectivity index is 1.43. The van der Waals surface area contributed by atoms with E-state index in [0.29, 0.717) is 24.0 Å². The molecule has 0 spiro atoms. The highest BCUT2D eigenvalue weighted by molar-refractivity contribution is 6.43. The van der Waals surface area contributed by atoms with Crippen LogP contribution in [-0.2, 0) is 11.2 Å². The van der Waals surface area contributed by atoms with Crippen molar-refractivity contribution in [2.45, 2.75) is 44.9 Å². The third-order valence-electron chi connectivity index (χ3n) is 7.38. The van der Waals surface area contributed by atoms with Gasteiger partial charge >= 0.3 is 0 Å². The minimum Gasteiger partial charge on any atom is -0.457 e. The van der Waals surface area contributed by atoms with Gasteiger partial charge in [-0.3, -0.25) is 4.79 Å². The number of aryl methyl sites for hydroxylation is 1. The van der Waals surface area contributed by atoms with E-state index in [1.54, 1.807) is 0 Å². The molecule has 4 heteroatoms. The van der Waals surface area contributed by atoms with E-state index in [4.69, 9.17) is 4.74 Å². The zero-order valence-corrected chi connectivity index (χ0v) is 16.1. The maximum atomic E-state index is 12.7. The molecule has 28 heavy (non-hydrogen) atoms. The molecule has 0 amide bonds. The highest BCUT2D eigenvalue weighted by atomic mass is 16.5. The smallest absolute Gasteiger partial charge is 0.186 e. The predicted molar refractivity (Wildman–Crippen MR) is 107 cm³/mol. The standard InChI is InChI=1S/C24H25NO3/c1-24-12-11-19-18-10-8-17(28-16-5-3-2-4-6-16)13-15(18)7-9-20(19)21(24)14-22(25-27)23(24)26/h2-6,8,10,13,19-21,27H,7,9,11-12,14H2,1H3/b25-22-/t19-,20-,21+,24+/m1/s1. The van der Waals surface area contributed by atoms with Crippen LogP contribution in [0.5, 0.6) is 11.5 Å². The number of benzene rings is 2. The number of rotatable bonds is 2. The summed E-state index contributed by atoms with van der Waals surface area (Å²) in [5, 5.41) is 12.6. The Hall–Kier alpha value is -2.62.